The van der Waals surface area contributed by atoms with Crippen molar-refractivity contribution in [3.8, 4) is 0 Å². The number of hydrogen-bond acceptors (Lipinski definition) is 4. The Bertz CT molecular complexity index is 673. The Kier molecular flexibility index (Phi) is 4.26. The van der Waals surface area contributed by atoms with Gasteiger partial charge in [-0.25, -0.2) is 4.79 Å². The minimum atomic E-state index is -1.20. The Morgan fingerprint density at radius 2 is 1.85 bits per heavy atom. The van der Waals surface area contributed by atoms with Crippen molar-refractivity contribution in [1.82, 2.24) is 0 Å². The maximum Gasteiger partial charge on any atom is 0.337 e. The molecule has 2 rings (SSSR count). The number of nitrogens with zero attached hydrogens (tertiary/aromatic N) is 1. The Labute approximate surface area is 123 Å². The van der Waals surface area contributed by atoms with Crippen molar-refractivity contribution < 1.29 is 14.8 Å². The lowest BCUT2D eigenvalue weighted by Crippen LogP contribution is -2.00. The summed E-state index contributed by atoms with van der Waals surface area (Å²) in [5, 5.41) is 20.4. The van der Waals surface area contributed by atoms with Crippen LogP contribution in [0.4, 0.5) is 5.69 Å². The third kappa shape index (κ3) is 3.28. The fraction of sp³-hybridized carbons (Fsp3) is 0. The van der Waals surface area contributed by atoms with E-state index in [0.29, 0.717) is 9.92 Å². The lowest BCUT2D eigenvalue weighted by molar-refractivity contribution is -0.384. The van der Waals surface area contributed by atoms with Gasteiger partial charge in [-0.1, -0.05) is 23.4 Å². The maximum absolute atomic E-state index is 11.2. The Morgan fingerprint density at radius 1 is 1.20 bits per heavy atom. The molecular formula is C13H8ClNO4S. The summed E-state index contributed by atoms with van der Waals surface area (Å²) in [6.45, 7) is 0. The van der Waals surface area contributed by atoms with Crippen LogP contribution in [0.1, 0.15) is 10.4 Å². The van der Waals surface area contributed by atoms with E-state index in [1.54, 1.807) is 24.3 Å². The van der Waals surface area contributed by atoms with E-state index < -0.39 is 10.9 Å². The number of nitro benzene ring substituents is 1. The number of carboxylic acid groups (broad SMARTS) is 1. The molecule has 2 aromatic rings. The number of carboxylic acids is 1. The molecule has 0 aliphatic rings. The van der Waals surface area contributed by atoms with E-state index in [1.165, 1.54) is 23.9 Å². The van der Waals surface area contributed by atoms with Crippen LogP contribution >= 0.6 is 23.4 Å². The molecule has 0 radical (unpaired) electrons. The average Bonchev–Trinajstić information content (AvgIpc) is 2.41. The number of non-ortho nitro benzene ring substituents is 1. The minimum Gasteiger partial charge on any atom is -0.478 e. The van der Waals surface area contributed by atoms with Crippen molar-refractivity contribution in [1.29, 1.82) is 0 Å². The van der Waals surface area contributed by atoms with Gasteiger partial charge < -0.3 is 5.11 Å². The molecule has 2 aromatic carbocycles. The lowest BCUT2D eigenvalue weighted by atomic mass is 10.2. The van der Waals surface area contributed by atoms with Crippen molar-refractivity contribution in [3.05, 3.63) is 63.2 Å². The molecule has 0 heterocycles. The van der Waals surface area contributed by atoms with E-state index >= 15 is 0 Å². The lowest BCUT2D eigenvalue weighted by Gasteiger charge is -2.06. The van der Waals surface area contributed by atoms with E-state index in [1.807, 2.05) is 0 Å². The molecule has 0 atom stereocenters. The number of nitro groups is 1. The summed E-state index contributed by atoms with van der Waals surface area (Å²) in [5.74, 6) is -1.20. The molecule has 5 nitrogen and oxygen atoms in total. The fourth-order valence-electron chi connectivity index (χ4n) is 1.52. The highest BCUT2D eigenvalue weighted by Gasteiger charge is 2.16. The number of benzene rings is 2. The summed E-state index contributed by atoms with van der Waals surface area (Å²) < 4.78 is 0. The van der Waals surface area contributed by atoms with Crippen LogP contribution in [0.2, 0.25) is 5.02 Å². The molecule has 0 saturated heterocycles. The van der Waals surface area contributed by atoms with Gasteiger partial charge in [0.2, 0.25) is 0 Å². The number of rotatable bonds is 4. The van der Waals surface area contributed by atoms with Gasteiger partial charge in [-0.15, -0.1) is 0 Å². The van der Waals surface area contributed by atoms with Crippen LogP contribution < -0.4 is 0 Å². The van der Waals surface area contributed by atoms with Crippen LogP contribution in [-0.4, -0.2) is 16.0 Å². The second kappa shape index (κ2) is 5.94. The number of carbonyl (C=O) groups is 1. The van der Waals surface area contributed by atoms with E-state index in [0.717, 1.165) is 11.0 Å². The molecule has 20 heavy (non-hydrogen) atoms. The average molecular weight is 310 g/mol. The molecule has 0 unspecified atom stereocenters. The third-order valence-electron chi connectivity index (χ3n) is 2.45. The van der Waals surface area contributed by atoms with Crippen molar-refractivity contribution in [2.75, 3.05) is 0 Å². The summed E-state index contributed by atoms with van der Waals surface area (Å²) in [6.07, 6.45) is 0. The van der Waals surface area contributed by atoms with Gasteiger partial charge in [-0.05, 0) is 30.3 Å². The number of halogens is 1. The standard InChI is InChI=1S/C13H8ClNO4S/c14-8-1-4-10(5-2-8)20-12-6-3-9(15(18)19)7-11(12)13(16)17/h1-7H,(H,16,17). The molecule has 0 spiro atoms. The Morgan fingerprint density at radius 3 is 2.40 bits per heavy atom. The minimum absolute atomic E-state index is 0.0980. The van der Waals surface area contributed by atoms with Crippen molar-refractivity contribution >= 4 is 35.0 Å². The molecule has 0 aliphatic heterocycles. The molecule has 0 aliphatic carbocycles. The van der Waals surface area contributed by atoms with Crippen LogP contribution in [0.15, 0.2) is 52.3 Å². The van der Waals surface area contributed by atoms with Gasteiger partial charge in [0.1, 0.15) is 0 Å². The van der Waals surface area contributed by atoms with Gasteiger partial charge in [0.05, 0.1) is 10.5 Å². The zero-order chi connectivity index (χ0) is 14.7. The number of aromatic carboxylic acids is 1. The summed E-state index contributed by atoms with van der Waals surface area (Å²) in [6, 6.07) is 10.7. The van der Waals surface area contributed by atoms with E-state index in [2.05, 4.69) is 0 Å². The highest BCUT2D eigenvalue weighted by atomic mass is 35.5. The largest absolute Gasteiger partial charge is 0.478 e. The van der Waals surface area contributed by atoms with Crippen LogP contribution in [0, 0.1) is 10.1 Å². The van der Waals surface area contributed by atoms with Crippen molar-refractivity contribution in [2.45, 2.75) is 9.79 Å². The van der Waals surface area contributed by atoms with Crippen LogP contribution in [0.3, 0.4) is 0 Å². The van der Waals surface area contributed by atoms with Crippen molar-refractivity contribution in [2.24, 2.45) is 0 Å². The molecule has 1 N–H and O–H groups in total. The molecule has 0 amide bonds. The third-order valence-corrected chi connectivity index (χ3v) is 3.78. The van der Waals surface area contributed by atoms with Crippen LogP contribution in [-0.2, 0) is 0 Å². The van der Waals surface area contributed by atoms with E-state index in [4.69, 9.17) is 16.7 Å². The zero-order valence-electron chi connectivity index (χ0n) is 9.95. The molecular weight excluding hydrogens is 302 g/mol. The van der Waals surface area contributed by atoms with Crippen LogP contribution in [0.5, 0.6) is 0 Å². The zero-order valence-corrected chi connectivity index (χ0v) is 11.5. The van der Waals surface area contributed by atoms with Gasteiger partial charge >= 0.3 is 5.97 Å². The first-order valence-electron chi connectivity index (χ1n) is 5.42. The van der Waals surface area contributed by atoms with E-state index in [-0.39, 0.29) is 11.3 Å². The Hall–Kier alpha value is -2.05. The normalized spacial score (nSPS) is 10.2. The smallest absolute Gasteiger partial charge is 0.337 e. The van der Waals surface area contributed by atoms with Gasteiger partial charge in [0.15, 0.2) is 0 Å². The summed E-state index contributed by atoms with van der Waals surface area (Å²) >= 11 is 6.98. The molecule has 0 fully saturated rings. The molecule has 102 valence electrons. The number of hydrogen-bond donors (Lipinski definition) is 1. The van der Waals surface area contributed by atoms with E-state index in [9.17, 15) is 14.9 Å². The second-order valence-electron chi connectivity index (χ2n) is 3.80. The predicted octanol–water partition coefficient (Wildman–Crippen LogP) is 4.10. The van der Waals surface area contributed by atoms with Crippen LogP contribution in [0.25, 0.3) is 0 Å². The summed E-state index contributed by atoms with van der Waals surface area (Å²) in [5.41, 5.74) is -0.345. The fourth-order valence-corrected chi connectivity index (χ4v) is 2.56. The topological polar surface area (TPSA) is 80.4 Å². The first kappa shape index (κ1) is 14.4. The SMILES string of the molecule is O=C(O)c1cc([N+](=O)[O-])ccc1Sc1ccc(Cl)cc1. The molecule has 0 saturated carbocycles. The maximum atomic E-state index is 11.2. The van der Waals surface area contributed by atoms with Gasteiger partial charge in [0.25, 0.3) is 5.69 Å². The monoisotopic (exact) mass is 309 g/mol. The summed E-state index contributed by atoms with van der Waals surface area (Å²) in [7, 11) is 0. The molecule has 0 aromatic heterocycles. The highest BCUT2D eigenvalue weighted by Crippen LogP contribution is 2.33. The highest BCUT2D eigenvalue weighted by molar-refractivity contribution is 7.99. The predicted molar refractivity (Wildman–Crippen MR) is 75.6 cm³/mol. The van der Waals surface area contributed by atoms with Gasteiger partial charge in [-0.2, -0.15) is 0 Å². The van der Waals surface area contributed by atoms with Gasteiger partial charge in [-0.3, -0.25) is 10.1 Å². The molecule has 0 bridgehead atoms. The van der Waals surface area contributed by atoms with Gasteiger partial charge in [0, 0.05) is 26.9 Å². The molecule has 7 heteroatoms. The Balaban J connectivity index is 2.38. The first-order valence-corrected chi connectivity index (χ1v) is 6.62. The quantitative estimate of drug-likeness (QED) is 0.679. The first-order chi connectivity index (χ1) is 9.47. The second-order valence-corrected chi connectivity index (χ2v) is 5.35. The summed E-state index contributed by atoms with van der Waals surface area (Å²) in [4.78, 5) is 22.5. The van der Waals surface area contributed by atoms with Crippen molar-refractivity contribution in [3.63, 3.8) is 0 Å².